The van der Waals surface area contributed by atoms with Gasteiger partial charge in [0.2, 0.25) is 0 Å². The standard InChI is InChI=1S/C11H16N2O/c12-7-11(8-1-2-8)13-9-3-5-10(14)6-4-9/h3-6,8,11,13-14H,1-2,7,12H2. The van der Waals surface area contributed by atoms with Crippen LogP contribution in [-0.4, -0.2) is 17.7 Å². The van der Waals surface area contributed by atoms with Crippen molar-refractivity contribution < 1.29 is 5.11 Å². The lowest BCUT2D eigenvalue weighted by Gasteiger charge is -2.17. The number of aromatic hydroxyl groups is 1. The maximum absolute atomic E-state index is 9.12. The average molecular weight is 192 g/mol. The van der Waals surface area contributed by atoms with E-state index in [0.29, 0.717) is 18.3 Å². The zero-order chi connectivity index (χ0) is 9.97. The van der Waals surface area contributed by atoms with Crippen LogP contribution in [0.15, 0.2) is 24.3 Å². The second-order valence-corrected chi connectivity index (χ2v) is 3.87. The van der Waals surface area contributed by atoms with Crippen LogP contribution in [0, 0.1) is 5.92 Å². The molecule has 14 heavy (non-hydrogen) atoms. The van der Waals surface area contributed by atoms with Gasteiger partial charge in [-0.3, -0.25) is 0 Å². The summed E-state index contributed by atoms with van der Waals surface area (Å²) < 4.78 is 0. The van der Waals surface area contributed by atoms with Crippen molar-refractivity contribution in [1.82, 2.24) is 0 Å². The van der Waals surface area contributed by atoms with Gasteiger partial charge in [0.25, 0.3) is 0 Å². The molecule has 0 spiro atoms. The first kappa shape index (κ1) is 9.34. The number of benzene rings is 1. The molecule has 0 bridgehead atoms. The van der Waals surface area contributed by atoms with Gasteiger partial charge in [-0.25, -0.2) is 0 Å². The molecule has 0 aromatic heterocycles. The van der Waals surface area contributed by atoms with Crippen LogP contribution in [0.4, 0.5) is 5.69 Å². The minimum absolute atomic E-state index is 0.297. The van der Waals surface area contributed by atoms with E-state index in [1.165, 1.54) is 12.8 Å². The summed E-state index contributed by atoms with van der Waals surface area (Å²) in [6.07, 6.45) is 2.57. The molecule has 4 N–H and O–H groups in total. The Bertz CT molecular complexity index is 293. The molecule has 1 aromatic rings. The molecule has 1 atom stereocenters. The predicted molar refractivity (Wildman–Crippen MR) is 57.3 cm³/mol. The van der Waals surface area contributed by atoms with E-state index in [1.54, 1.807) is 12.1 Å². The minimum atomic E-state index is 0.297. The molecule has 0 saturated heterocycles. The van der Waals surface area contributed by atoms with Gasteiger partial charge < -0.3 is 16.2 Å². The highest BCUT2D eigenvalue weighted by Gasteiger charge is 2.29. The van der Waals surface area contributed by atoms with E-state index < -0.39 is 0 Å². The van der Waals surface area contributed by atoms with Crippen LogP contribution in [0.1, 0.15) is 12.8 Å². The third-order valence-corrected chi connectivity index (χ3v) is 2.66. The Morgan fingerprint density at radius 2 is 2.00 bits per heavy atom. The van der Waals surface area contributed by atoms with Crippen molar-refractivity contribution in [2.24, 2.45) is 11.7 Å². The van der Waals surface area contributed by atoms with Gasteiger partial charge in [-0.15, -0.1) is 0 Å². The summed E-state index contributed by atoms with van der Waals surface area (Å²) >= 11 is 0. The van der Waals surface area contributed by atoms with Crippen LogP contribution >= 0.6 is 0 Å². The topological polar surface area (TPSA) is 58.3 Å². The molecule has 0 aliphatic heterocycles. The van der Waals surface area contributed by atoms with E-state index in [2.05, 4.69) is 5.32 Å². The number of hydrogen-bond donors (Lipinski definition) is 3. The van der Waals surface area contributed by atoms with Gasteiger partial charge in [0.15, 0.2) is 0 Å². The molecule has 76 valence electrons. The Morgan fingerprint density at radius 1 is 1.36 bits per heavy atom. The van der Waals surface area contributed by atoms with Crippen molar-refractivity contribution in [3.05, 3.63) is 24.3 Å². The van der Waals surface area contributed by atoms with Crippen molar-refractivity contribution in [2.45, 2.75) is 18.9 Å². The third kappa shape index (κ3) is 2.17. The summed E-state index contributed by atoms with van der Waals surface area (Å²) in [7, 11) is 0. The highest BCUT2D eigenvalue weighted by molar-refractivity contribution is 5.47. The van der Waals surface area contributed by atoms with Gasteiger partial charge in [0, 0.05) is 18.3 Å². The van der Waals surface area contributed by atoms with E-state index in [0.717, 1.165) is 11.6 Å². The number of rotatable bonds is 4. The lowest BCUT2D eigenvalue weighted by atomic mass is 10.1. The van der Waals surface area contributed by atoms with Gasteiger partial charge in [0.1, 0.15) is 5.75 Å². The fourth-order valence-electron chi connectivity index (χ4n) is 1.64. The number of nitrogens with two attached hydrogens (primary N) is 1. The number of phenols is 1. The van der Waals surface area contributed by atoms with Crippen LogP contribution in [0.25, 0.3) is 0 Å². The Labute approximate surface area is 83.9 Å². The van der Waals surface area contributed by atoms with Gasteiger partial charge >= 0.3 is 0 Å². The number of nitrogens with one attached hydrogen (secondary N) is 1. The SMILES string of the molecule is NCC(Nc1ccc(O)cc1)C1CC1. The average Bonchev–Trinajstić information content (AvgIpc) is 3.01. The lowest BCUT2D eigenvalue weighted by molar-refractivity contribution is 0.475. The summed E-state index contributed by atoms with van der Waals surface area (Å²) in [5.74, 6) is 1.04. The molecule has 3 nitrogen and oxygen atoms in total. The Hall–Kier alpha value is -1.22. The van der Waals surface area contributed by atoms with E-state index in [1.807, 2.05) is 12.1 Å². The second-order valence-electron chi connectivity index (χ2n) is 3.87. The first-order valence-electron chi connectivity index (χ1n) is 5.05. The van der Waals surface area contributed by atoms with E-state index in [-0.39, 0.29) is 0 Å². The molecule has 1 aromatic carbocycles. The maximum Gasteiger partial charge on any atom is 0.115 e. The van der Waals surface area contributed by atoms with Crippen molar-refractivity contribution in [2.75, 3.05) is 11.9 Å². The van der Waals surface area contributed by atoms with Crippen LogP contribution in [0.3, 0.4) is 0 Å². The monoisotopic (exact) mass is 192 g/mol. The Morgan fingerprint density at radius 3 is 2.50 bits per heavy atom. The largest absolute Gasteiger partial charge is 0.508 e. The quantitative estimate of drug-likeness (QED) is 0.634. The molecule has 0 heterocycles. The number of phenolic OH excluding ortho intramolecular Hbond substituents is 1. The van der Waals surface area contributed by atoms with Crippen molar-refractivity contribution in [1.29, 1.82) is 0 Å². The van der Waals surface area contributed by atoms with E-state index in [9.17, 15) is 0 Å². The molecule has 0 radical (unpaired) electrons. The number of hydrogen-bond acceptors (Lipinski definition) is 3. The van der Waals surface area contributed by atoms with Crippen LogP contribution in [0.5, 0.6) is 5.75 Å². The molecule has 1 aliphatic rings. The second kappa shape index (κ2) is 3.88. The molecule has 1 saturated carbocycles. The van der Waals surface area contributed by atoms with Crippen LogP contribution in [0.2, 0.25) is 0 Å². The van der Waals surface area contributed by atoms with Gasteiger partial charge in [0.05, 0.1) is 0 Å². The number of anilines is 1. The van der Waals surface area contributed by atoms with Gasteiger partial charge in [-0.05, 0) is 43.0 Å². The normalized spacial score (nSPS) is 17.8. The Kier molecular flexibility index (Phi) is 2.59. The summed E-state index contributed by atoms with van der Waals surface area (Å²) in [4.78, 5) is 0. The fourth-order valence-corrected chi connectivity index (χ4v) is 1.64. The first-order valence-corrected chi connectivity index (χ1v) is 5.05. The zero-order valence-corrected chi connectivity index (χ0v) is 8.11. The van der Waals surface area contributed by atoms with Crippen molar-refractivity contribution >= 4 is 5.69 Å². The summed E-state index contributed by atoms with van der Waals surface area (Å²) in [5, 5.41) is 12.5. The fraction of sp³-hybridized carbons (Fsp3) is 0.455. The molecule has 0 amide bonds. The van der Waals surface area contributed by atoms with Gasteiger partial charge in [-0.2, -0.15) is 0 Å². The maximum atomic E-state index is 9.12. The first-order chi connectivity index (χ1) is 6.79. The predicted octanol–water partition coefficient (Wildman–Crippen LogP) is 1.54. The molecule has 2 rings (SSSR count). The van der Waals surface area contributed by atoms with E-state index in [4.69, 9.17) is 10.8 Å². The highest BCUT2D eigenvalue weighted by atomic mass is 16.3. The summed E-state index contributed by atoms with van der Waals surface area (Å²) in [6.45, 7) is 0.672. The summed E-state index contributed by atoms with van der Waals surface area (Å²) in [5.41, 5.74) is 6.71. The van der Waals surface area contributed by atoms with Crippen LogP contribution in [-0.2, 0) is 0 Å². The van der Waals surface area contributed by atoms with E-state index >= 15 is 0 Å². The summed E-state index contributed by atoms with van der Waals surface area (Å²) in [6, 6.07) is 7.51. The zero-order valence-electron chi connectivity index (χ0n) is 8.11. The lowest BCUT2D eigenvalue weighted by Crippen LogP contribution is -2.30. The minimum Gasteiger partial charge on any atom is -0.508 e. The Balaban J connectivity index is 1.98. The molecule has 1 fully saturated rings. The molecular weight excluding hydrogens is 176 g/mol. The molecule has 1 unspecified atom stereocenters. The molecule has 3 heteroatoms. The third-order valence-electron chi connectivity index (χ3n) is 2.66. The van der Waals surface area contributed by atoms with Crippen LogP contribution < -0.4 is 11.1 Å². The molecular formula is C11H16N2O. The van der Waals surface area contributed by atoms with Crippen molar-refractivity contribution in [3.8, 4) is 5.75 Å². The van der Waals surface area contributed by atoms with Gasteiger partial charge in [-0.1, -0.05) is 0 Å². The highest BCUT2D eigenvalue weighted by Crippen LogP contribution is 2.33. The van der Waals surface area contributed by atoms with Crippen molar-refractivity contribution in [3.63, 3.8) is 0 Å². The smallest absolute Gasteiger partial charge is 0.115 e. The molecule has 1 aliphatic carbocycles.